The Morgan fingerprint density at radius 3 is 2.52 bits per heavy atom. The lowest BCUT2D eigenvalue weighted by Crippen LogP contribution is -2.25. The van der Waals surface area contributed by atoms with Gasteiger partial charge in [-0.2, -0.15) is 0 Å². The SMILES string of the molecule is Cc1ccc(-c2nnc(CNS(=O)(=O)Cc3ccccc3Cl)o2)cc1. The van der Waals surface area contributed by atoms with Gasteiger partial charge in [-0.3, -0.25) is 0 Å². The van der Waals surface area contributed by atoms with E-state index in [-0.39, 0.29) is 18.2 Å². The smallest absolute Gasteiger partial charge is 0.247 e. The number of rotatable bonds is 6. The number of benzene rings is 2. The molecule has 0 unspecified atom stereocenters. The summed E-state index contributed by atoms with van der Waals surface area (Å²) in [5.41, 5.74) is 2.43. The van der Waals surface area contributed by atoms with E-state index in [1.807, 2.05) is 31.2 Å². The van der Waals surface area contributed by atoms with Crippen molar-refractivity contribution in [2.45, 2.75) is 19.2 Å². The van der Waals surface area contributed by atoms with Gasteiger partial charge in [-0.25, -0.2) is 13.1 Å². The van der Waals surface area contributed by atoms with Gasteiger partial charge in [0.1, 0.15) is 0 Å². The molecule has 0 saturated carbocycles. The van der Waals surface area contributed by atoms with Crippen LogP contribution in [0.1, 0.15) is 17.0 Å². The van der Waals surface area contributed by atoms with Crippen LogP contribution in [-0.4, -0.2) is 18.6 Å². The summed E-state index contributed by atoms with van der Waals surface area (Å²) in [5, 5.41) is 8.22. The summed E-state index contributed by atoms with van der Waals surface area (Å²) in [6, 6.07) is 14.4. The highest BCUT2D eigenvalue weighted by Gasteiger charge is 2.16. The molecular formula is C17H16ClN3O3S. The minimum atomic E-state index is -3.58. The molecule has 0 spiro atoms. The maximum Gasteiger partial charge on any atom is 0.247 e. The number of aromatic nitrogens is 2. The van der Waals surface area contributed by atoms with E-state index in [1.165, 1.54) is 0 Å². The molecule has 1 heterocycles. The van der Waals surface area contributed by atoms with Gasteiger partial charge in [-0.05, 0) is 30.7 Å². The van der Waals surface area contributed by atoms with Crippen LogP contribution in [0.2, 0.25) is 5.02 Å². The average Bonchev–Trinajstić information content (AvgIpc) is 3.05. The van der Waals surface area contributed by atoms with E-state index in [4.69, 9.17) is 16.0 Å². The molecule has 0 fully saturated rings. The fraction of sp³-hybridized carbons (Fsp3) is 0.176. The van der Waals surface area contributed by atoms with Crippen LogP contribution in [0.5, 0.6) is 0 Å². The van der Waals surface area contributed by atoms with E-state index >= 15 is 0 Å². The van der Waals surface area contributed by atoms with Crippen molar-refractivity contribution in [2.24, 2.45) is 0 Å². The van der Waals surface area contributed by atoms with E-state index in [9.17, 15) is 8.42 Å². The lowest BCUT2D eigenvalue weighted by atomic mass is 10.1. The molecule has 0 aliphatic rings. The van der Waals surface area contributed by atoms with Gasteiger partial charge in [0, 0.05) is 10.6 Å². The van der Waals surface area contributed by atoms with Gasteiger partial charge < -0.3 is 4.42 Å². The molecule has 6 nitrogen and oxygen atoms in total. The molecule has 130 valence electrons. The summed E-state index contributed by atoms with van der Waals surface area (Å²) in [6.07, 6.45) is 0. The van der Waals surface area contributed by atoms with Gasteiger partial charge in [0.2, 0.25) is 21.8 Å². The minimum Gasteiger partial charge on any atom is -0.419 e. The number of halogens is 1. The summed E-state index contributed by atoms with van der Waals surface area (Å²) in [6.45, 7) is 1.91. The summed E-state index contributed by atoms with van der Waals surface area (Å²) in [5.74, 6) is 0.324. The third kappa shape index (κ3) is 4.66. The van der Waals surface area contributed by atoms with Crippen molar-refractivity contribution in [3.05, 3.63) is 70.6 Å². The number of nitrogens with one attached hydrogen (secondary N) is 1. The lowest BCUT2D eigenvalue weighted by molar-refractivity contribution is 0.494. The zero-order valence-electron chi connectivity index (χ0n) is 13.4. The number of hydrogen-bond donors (Lipinski definition) is 1. The van der Waals surface area contributed by atoms with E-state index in [1.54, 1.807) is 24.3 Å². The molecule has 25 heavy (non-hydrogen) atoms. The average molecular weight is 378 g/mol. The van der Waals surface area contributed by atoms with Crippen LogP contribution in [0.4, 0.5) is 0 Å². The molecule has 1 aromatic heterocycles. The molecule has 8 heteroatoms. The first-order chi connectivity index (χ1) is 11.9. The van der Waals surface area contributed by atoms with Crippen molar-refractivity contribution < 1.29 is 12.8 Å². The summed E-state index contributed by atoms with van der Waals surface area (Å²) >= 11 is 6.00. The van der Waals surface area contributed by atoms with Crippen LogP contribution >= 0.6 is 11.6 Å². The molecular weight excluding hydrogens is 362 g/mol. The maximum absolute atomic E-state index is 12.2. The monoisotopic (exact) mass is 377 g/mol. The van der Waals surface area contributed by atoms with Crippen LogP contribution in [-0.2, 0) is 22.3 Å². The van der Waals surface area contributed by atoms with Crippen LogP contribution < -0.4 is 4.72 Å². The summed E-state index contributed by atoms with van der Waals surface area (Å²) in [7, 11) is -3.58. The molecule has 2 aromatic carbocycles. The van der Waals surface area contributed by atoms with E-state index in [2.05, 4.69) is 14.9 Å². The molecule has 3 aromatic rings. The van der Waals surface area contributed by atoms with Crippen LogP contribution in [0.15, 0.2) is 52.9 Å². The van der Waals surface area contributed by atoms with E-state index < -0.39 is 10.0 Å². The molecule has 0 bridgehead atoms. The zero-order valence-corrected chi connectivity index (χ0v) is 15.0. The van der Waals surface area contributed by atoms with Crippen molar-refractivity contribution in [1.82, 2.24) is 14.9 Å². The third-order valence-corrected chi connectivity index (χ3v) is 5.16. The Morgan fingerprint density at radius 2 is 1.80 bits per heavy atom. The van der Waals surface area contributed by atoms with Crippen LogP contribution in [0.3, 0.4) is 0 Å². The van der Waals surface area contributed by atoms with Gasteiger partial charge in [-0.1, -0.05) is 47.5 Å². The van der Waals surface area contributed by atoms with Crippen molar-refractivity contribution in [1.29, 1.82) is 0 Å². The van der Waals surface area contributed by atoms with Crippen molar-refractivity contribution in [3.63, 3.8) is 0 Å². The van der Waals surface area contributed by atoms with E-state index in [0.717, 1.165) is 11.1 Å². The molecule has 0 saturated heterocycles. The minimum absolute atomic E-state index is 0.0777. The van der Waals surface area contributed by atoms with Crippen molar-refractivity contribution in [2.75, 3.05) is 0 Å². The number of sulfonamides is 1. The first kappa shape index (κ1) is 17.6. The second-order valence-corrected chi connectivity index (χ2v) is 7.75. The van der Waals surface area contributed by atoms with Gasteiger partial charge >= 0.3 is 0 Å². The van der Waals surface area contributed by atoms with Crippen LogP contribution in [0.25, 0.3) is 11.5 Å². The molecule has 0 radical (unpaired) electrons. The number of aryl methyl sites for hydroxylation is 1. The molecule has 0 aliphatic carbocycles. The van der Waals surface area contributed by atoms with Crippen LogP contribution in [0, 0.1) is 6.92 Å². The number of nitrogens with zero attached hydrogens (tertiary/aromatic N) is 2. The fourth-order valence-electron chi connectivity index (χ4n) is 2.18. The van der Waals surface area contributed by atoms with E-state index in [0.29, 0.717) is 16.5 Å². The first-order valence-corrected chi connectivity index (χ1v) is 9.56. The Morgan fingerprint density at radius 1 is 1.08 bits per heavy atom. The summed E-state index contributed by atoms with van der Waals surface area (Å²) in [4.78, 5) is 0. The molecule has 0 aliphatic heterocycles. The van der Waals surface area contributed by atoms with Gasteiger partial charge in [0.15, 0.2) is 0 Å². The topological polar surface area (TPSA) is 85.1 Å². The third-order valence-electron chi connectivity index (χ3n) is 3.51. The Labute approximate surface area is 150 Å². The lowest BCUT2D eigenvalue weighted by Gasteiger charge is -2.06. The Bertz CT molecular complexity index is 969. The predicted octanol–water partition coefficient (Wildman–Crippen LogP) is 3.32. The molecule has 3 rings (SSSR count). The quantitative estimate of drug-likeness (QED) is 0.712. The Balaban J connectivity index is 1.65. The maximum atomic E-state index is 12.2. The number of hydrogen-bond acceptors (Lipinski definition) is 5. The predicted molar refractivity (Wildman–Crippen MR) is 95.4 cm³/mol. The van der Waals surface area contributed by atoms with Crippen molar-refractivity contribution in [3.8, 4) is 11.5 Å². The highest BCUT2D eigenvalue weighted by molar-refractivity contribution is 7.88. The Hall–Kier alpha value is -2.22. The molecule has 1 N–H and O–H groups in total. The molecule has 0 atom stereocenters. The largest absolute Gasteiger partial charge is 0.419 e. The highest BCUT2D eigenvalue weighted by Crippen LogP contribution is 2.19. The zero-order chi connectivity index (χ0) is 17.9. The van der Waals surface area contributed by atoms with Gasteiger partial charge in [0.25, 0.3) is 0 Å². The normalized spacial score (nSPS) is 11.6. The molecule has 0 amide bonds. The highest BCUT2D eigenvalue weighted by atomic mass is 35.5. The summed E-state index contributed by atoms with van der Waals surface area (Å²) < 4.78 is 32.3. The fourth-order valence-corrected chi connectivity index (χ4v) is 3.57. The Kier molecular flexibility index (Phi) is 5.17. The van der Waals surface area contributed by atoms with Crippen molar-refractivity contribution >= 4 is 21.6 Å². The standard InChI is InChI=1S/C17H16ClN3O3S/c1-12-6-8-13(9-7-12)17-21-20-16(24-17)10-19-25(22,23)11-14-4-2-3-5-15(14)18/h2-9,19H,10-11H2,1H3. The first-order valence-electron chi connectivity index (χ1n) is 7.53. The second kappa shape index (κ2) is 7.35. The second-order valence-electron chi connectivity index (χ2n) is 5.54. The van der Waals surface area contributed by atoms with Gasteiger partial charge in [-0.15, -0.1) is 10.2 Å². The van der Waals surface area contributed by atoms with Gasteiger partial charge in [0.05, 0.1) is 12.3 Å².